The summed E-state index contributed by atoms with van der Waals surface area (Å²) in [6.45, 7) is 1.41. The minimum absolute atomic E-state index is 0.0176. The zero-order chi connectivity index (χ0) is 16.1. The minimum atomic E-state index is -1.07. The monoisotopic (exact) mass is 316 g/mol. The predicted octanol–water partition coefficient (Wildman–Crippen LogP) is 2.51. The van der Waals surface area contributed by atoms with Crippen molar-refractivity contribution in [2.45, 2.75) is 13.0 Å². The van der Waals surface area contributed by atoms with Crippen LogP contribution < -0.4 is 5.32 Å². The number of carbonyl (C=O) groups is 2. The van der Waals surface area contributed by atoms with Crippen LogP contribution in [0.2, 0.25) is 0 Å². The van der Waals surface area contributed by atoms with Crippen LogP contribution in [0, 0.1) is 11.3 Å². The largest absolute Gasteiger partial charge is 0.507 e. The molecular formula is C15H12N2O4S. The summed E-state index contributed by atoms with van der Waals surface area (Å²) >= 11 is 1.20. The van der Waals surface area contributed by atoms with Gasteiger partial charge in [0.05, 0.1) is 5.56 Å². The highest BCUT2D eigenvalue weighted by atomic mass is 32.1. The minimum Gasteiger partial charge on any atom is -0.507 e. The fourth-order valence-corrected chi connectivity index (χ4v) is 2.37. The second-order valence-corrected chi connectivity index (χ2v) is 5.25. The van der Waals surface area contributed by atoms with E-state index >= 15 is 0 Å². The van der Waals surface area contributed by atoms with Gasteiger partial charge in [0.25, 0.3) is 5.91 Å². The summed E-state index contributed by atoms with van der Waals surface area (Å²) in [6.07, 6.45) is -1.07. The molecule has 2 N–H and O–H groups in total. The normalized spacial score (nSPS) is 11.3. The Morgan fingerprint density at radius 1 is 1.36 bits per heavy atom. The second kappa shape index (κ2) is 6.74. The number of nitrogens with zero attached hydrogens (tertiary/aromatic N) is 1. The molecule has 0 aliphatic heterocycles. The van der Waals surface area contributed by atoms with Crippen LogP contribution in [0.1, 0.15) is 22.8 Å². The van der Waals surface area contributed by atoms with E-state index in [0.717, 1.165) is 0 Å². The fourth-order valence-electron chi connectivity index (χ4n) is 1.63. The quantitative estimate of drug-likeness (QED) is 0.844. The van der Waals surface area contributed by atoms with Crippen LogP contribution in [0.25, 0.3) is 0 Å². The highest BCUT2D eigenvalue weighted by molar-refractivity contribution is 7.14. The second-order valence-electron chi connectivity index (χ2n) is 4.33. The lowest BCUT2D eigenvalue weighted by molar-refractivity contribution is -0.123. The Kier molecular flexibility index (Phi) is 4.76. The number of phenols is 1. The highest BCUT2D eigenvalue weighted by Crippen LogP contribution is 2.23. The van der Waals surface area contributed by atoms with Crippen molar-refractivity contribution in [1.82, 2.24) is 0 Å². The van der Waals surface area contributed by atoms with E-state index in [2.05, 4.69) is 5.32 Å². The van der Waals surface area contributed by atoms with Gasteiger partial charge in [-0.05, 0) is 30.5 Å². The van der Waals surface area contributed by atoms with Crippen LogP contribution in [0.4, 0.5) is 5.00 Å². The number of hydrogen-bond donors (Lipinski definition) is 2. The Balaban J connectivity index is 2.02. The van der Waals surface area contributed by atoms with Gasteiger partial charge in [0, 0.05) is 0 Å². The van der Waals surface area contributed by atoms with E-state index in [0.29, 0.717) is 10.6 Å². The maximum Gasteiger partial charge on any atom is 0.342 e. The zero-order valence-electron chi connectivity index (χ0n) is 11.6. The lowest BCUT2D eigenvalue weighted by Crippen LogP contribution is -2.29. The number of rotatable bonds is 4. The number of carbonyl (C=O) groups excluding carboxylic acids is 2. The number of anilines is 1. The molecule has 6 nitrogen and oxygen atoms in total. The van der Waals surface area contributed by atoms with Gasteiger partial charge in [-0.25, -0.2) is 4.79 Å². The molecule has 1 aromatic heterocycles. The molecule has 0 aliphatic carbocycles. The van der Waals surface area contributed by atoms with Crippen molar-refractivity contribution in [3.8, 4) is 11.8 Å². The molecule has 1 aromatic carbocycles. The van der Waals surface area contributed by atoms with E-state index in [1.807, 2.05) is 6.07 Å². The number of esters is 1. The molecule has 0 aliphatic rings. The number of ether oxygens (including phenoxy) is 1. The molecule has 0 spiro atoms. The molecular weight excluding hydrogens is 304 g/mol. The molecule has 0 radical (unpaired) electrons. The number of phenolic OH excluding ortho intramolecular Hbond substituents is 1. The van der Waals surface area contributed by atoms with E-state index < -0.39 is 18.0 Å². The molecule has 0 bridgehead atoms. The standard InChI is InChI=1S/C15H12N2O4S/c1-9(13(19)17-14-10(8-16)6-7-22-14)21-15(20)11-4-2-3-5-12(11)18/h2-7,9,18H,1H3,(H,17,19). The van der Waals surface area contributed by atoms with Gasteiger partial charge in [0.2, 0.25) is 0 Å². The van der Waals surface area contributed by atoms with Crippen LogP contribution in [0.5, 0.6) is 5.75 Å². The van der Waals surface area contributed by atoms with Gasteiger partial charge in [-0.2, -0.15) is 5.26 Å². The molecule has 1 unspecified atom stereocenters. The Morgan fingerprint density at radius 2 is 2.09 bits per heavy atom. The van der Waals surface area contributed by atoms with Gasteiger partial charge in [-0.3, -0.25) is 4.79 Å². The van der Waals surface area contributed by atoms with Crippen molar-refractivity contribution >= 4 is 28.2 Å². The van der Waals surface area contributed by atoms with Gasteiger partial charge in [0.1, 0.15) is 22.4 Å². The maximum absolute atomic E-state index is 12.0. The van der Waals surface area contributed by atoms with Crippen LogP contribution in [0.3, 0.4) is 0 Å². The number of nitrogens with one attached hydrogen (secondary N) is 1. The first-order chi connectivity index (χ1) is 10.5. The number of aromatic hydroxyl groups is 1. The van der Waals surface area contributed by atoms with Crippen molar-refractivity contribution in [1.29, 1.82) is 5.26 Å². The number of amides is 1. The van der Waals surface area contributed by atoms with Crippen molar-refractivity contribution < 1.29 is 19.4 Å². The Bertz CT molecular complexity index is 748. The zero-order valence-corrected chi connectivity index (χ0v) is 12.4. The van der Waals surface area contributed by atoms with E-state index in [1.165, 1.54) is 30.4 Å². The Labute approximate surface area is 130 Å². The fraction of sp³-hybridized carbons (Fsp3) is 0.133. The average Bonchev–Trinajstić information content (AvgIpc) is 2.94. The maximum atomic E-state index is 12.0. The summed E-state index contributed by atoms with van der Waals surface area (Å²) in [5.41, 5.74) is 0.327. The van der Waals surface area contributed by atoms with Crippen molar-refractivity contribution in [2.24, 2.45) is 0 Å². The first-order valence-electron chi connectivity index (χ1n) is 6.30. The van der Waals surface area contributed by atoms with Gasteiger partial charge in [-0.15, -0.1) is 11.3 Å². The molecule has 0 saturated carbocycles. The van der Waals surface area contributed by atoms with Crippen LogP contribution in [-0.2, 0) is 9.53 Å². The van der Waals surface area contributed by atoms with Crippen LogP contribution in [0.15, 0.2) is 35.7 Å². The highest BCUT2D eigenvalue weighted by Gasteiger charge is 2.21. The molecule has 1 atom stereocenters. The number of nitriles is 1. The first-order valence-corrected chi connectivity index (χ1v) is 7.18. The summed E-state index contributed by atoms with van der Waals surface area (Å²) in [5.74, 6) is -1.57. The molecule has 2 rings (SSSR count). The van der Waals surface area contributed by atoms with E-state index in [-0.39, 0.29) is 11.3 Å². The first kappa shape index (κ1) is 15.5. The Morgan fingerprint density at radius 3 is 2.77 bits per heavy atom. The molecule has 22 heavy (non-hydrogen) atoms. The third kappa shape index (κ3) is 3.42. The number of hydrogen-bond acceptors (Lipinski definition) is 6. The van der Waals surface area contributed by atoms with E-state index in [4.69, 9.17) is 10.00 Å². The molecule has 0 saturated heterocycles. The molecule has 112 valence electrons. The number of para-hydroxylation sites is 1. The summed E-state index contributed by atoms with van der Waals surface area (Å²) in [7, 11) is 0. The molecule has 1 heterocycles. The Hall–Kier alpha value is -2.85. The van der Waals surface area contributed by atoms with Gasteiger partial charge < -0.3 is 15.2 Å². The van der Waals surface area contributed by atoms with Gasteiger partial charge in [0.15, 0.2) is 6.10 Å². The van der Waals surface area contributed by atoms with Gasteiger partial charge >= 0.3 is 5.97 Å². The average molecular weight is 316 g/mol. The van der Waals surface area contributed by atoms with Crippen molar-refractivity contribution in [3.05, 3.63) is 46.8 Å². The third-order valence-corrected chi connectivity index (χ3v) is 3.63. The summed E-state index contributed by atoms with van der Waals surface area (Å²) in [4.78, 5) is 23.9. The lowest BCUT2D eigenvalue weighted by atomic mass is 10.2. The van der Waals surface area contributed by atoms with Crippen molar-refractivity contribution in [3.63, 3.8) is 0 Å². The number of thiophene rings is 1. The molecule has 7 heteroatoms. The van der Waals surface area contributed by atoms with E-state index in [9.17, 15) is 14.7 Å². The topological polar surface area (TPSA) is 99.4 Å². The molecule has 1 amide bonds. The summed E-state index contributed by atoms with van der Waals surface area (Å²) in [5, 5.41) is 23.1. The van der Waals surface area contributed by atoms with Gasteiger partial charge in [-0.1, -0.05) is 12.1 Å². The molecule has 0 fully saturated rings. The smallest absolute Gasteiger partial charge is 0.342 e. The molecule has 2 aromatic rings. The van der Waals surface area contributed by atoms with E-state index in [1.54, 1.807) is 23.6 Å². The third-order valence-electron chi connectivity index (χ3n) is 2.80. The van der Waals surface area contributed by atoms with Crippen LogP contribution in [-0.4, -0.2) is 23.1 Å². The summed E-state index contributed by atoms with van der Waals surface area (Å²) in [6, 6.07) is 9.43. The van der Waals surface area contributed by atoms with Crippen LogP contribution >= 0.6 is 11.3 Å². The predicted molar refractivity (Wildman–Crippen MR) is 80.6 cm³/mol. The van der Waals surface area contributed by atoms with Crippen molar-refractivity contribution in [2.75, 3.05) is 5.32 Å². The number of benzene rings is 1. The SMILES string of the molecule is CC(OC(=O)c1ccccc1O)C(=O)Nc1sccc1C#N. The summed E-state index contributed by atoms with van der Waals surface area (Å²) < 4.78 is 5.01. The lowest BCUT2D eigenvalue weighted by Gasteiger charge is -2.13.